The third-order valence-corrected chi connectivity index (χ3v) is 5.65. The zero-order valence-electron chi connectivity index (χ0n) is 15.8. The summed E-state index contributed by atoms with van der Waals surface area (Å²) in [4.78, 5) is 29.4. The standard InChI is InChI=1S/C22H24N2O3/c1-15-21(25)24(19-8-10-20(27-2)11-9-19)13-12-23(15)22(26)18-7-6-16-4-3-5-17(16)14-18/h6-11,14-15H,3-5,12-13H2,1-2H3. The molecule has 5 nitrogen and oxygen atoms in total. The molecule has 0 aromatic heterocycles. The first kappa shape index (κ1) is 17.6. The quantitative estimate of drug-likeness (QED) is 0.841. The van der Waals surface area contributed by atoms with E-state index in [1.807, 2.05) is 43.3 Å². The molecule has 2 aromatic carbocycles. The van der Waals surface area contributed by atoms with Crippen molar-refractivity contribution >= 4 is 17.5 Å². The molecule has 0 radical (unpaired) electrons. The molecular formula is C22H24N2O3. The largest absolute Gasteiger partial charge is 0.497 e. The van der Waals surface area contributed by atoms with E-state index in [1.165, 1.54) is 11.1 Å². The molecule has 1 atom stereocenters. The van der Waals surface area contributed by atoms with Gasteiger partial charge in [-0.2, -0.15) is 0 Å². The summed E-state index contributed by atoms with van der Waals surface area (Å²) >= 11 is 0. The number of hydrogen-bond acceptors (Lipinski definition) is 3. The highest BCUT2D eigenvalue weighted by Gasteiger charge is 2.35. The van der Waals surface area contributed by atoms with Crippen molar-refractivity contribution in [2.24, 2.45) is 0 Å². The number of piperazine rings is 1. The summed E-state index contributed by atoms with van der Waals surface area (Å²) in [5, 5.41) is 0. The van der Waals surface area contributed by atoms with Gasteiger partial charge in [0.05, 0.1) is 7.11 Å². The highest BCUT2D eigenvalue weighted by atomic mass is 16.5. The molecule has 1 heterocycles. The fraction of sp³-hybridized carbons (Fsp3) is 0.364. The Hall–Kier alpha value is -2.82. The number of aryl methyl sites for hydroxylation is 2. The fourth-order valence-electron chi connectivity index (χ4n) is 4.04. The van der Waals surface area contributed by atoms with E-state index >= 15 is 0 Å². The van der Waals surface area contributed by atoms with Gasteiger partial charge in [-0.25, -0.2) is 0 Å². The number of carbonyl (C=O) groups excluding carboxylic acids is 2. The van der Waals surface area contributed by atoms with E-state index in [0.29, 0.717) is 18.7 Å². The minimum atomic E-state index is -0.485. The molecular weight excluding hydrogens is 340 g/mol. The number of anilines is 1. The smallest absolute Gasteiger partial charge is 0.254 e. The summed E-state index contributed by atoms with van der Waals surface area (Å²) in [5.41, 5.74) is 4.14. The Kier molecular flexibility index (Phi) is 4.60. The van der Waals surface area contributed by atoms with Crippen molar-refractivity contribution in [1.29, 1.82) is 0 Å². The number of methoxy groups -OCH3 is 1. The van der Waals surface area contributed by atoms with Crippen molar-refractivity contribution in [2.75, 3.05) is 25.1 Å². The van der Waals surface area contributed by atoms with Gasteiger partial charge in [-0.05, 0) is 73.7 Å². The number of ether oxygens (including phenoxy) is 1. The van der Waals surface area contributed by atoms with Crippen molar-refractivity contribution in [2.45, 2.75) is 32.2 Å². The Morgan fingerprint density at radius 1 is 1.04 bits per heavy atom. The second kappa shape index (κ2) is 7.06. The van der Waals surface area contributed by atoms with Crippen LogP contribution in [0.15, 0.2) is 42.5 Å². The van der Waals surface area contributed by atoms with Crippen LogP contribution in [0.4, 0.5) is 5.69 Å². The molecule has 0 spiro atoms. The first-order valence-electron chi connectivity index (χ1n) is 9.46. The number of fused-ring (bicyclic) bond motifs is 1. The fourth-order valence-corrected chi connectivity index (χ4v) is 4.04. The molecule has 5 heteroatoms. The van der Waals surface area contributed by atoms with Crippen LogP contribution in [0.2, 0.25) is 0 Å². The lowest BCUT2D eigenvalue weighted by atomic mass is 10.0. The average molecular weight is 364 g/mol. The first-order valence-corrected chi connectivity index (χ1v) is 9.46. The highest BCUT2D eigenvalue weighted by Crippen LogP contribution is 2.26. The number of amides is 2. The van der Waals surface area contributed by atoms with E-state index in [0.717, 1.165) is 30.7 Å². The van der Waals surface area contributed by atoms with Crippen molar-refractivity contribution < 1.29 is 14.3 Å². The van der Waals surface area contributed by atoms with Gasteiger partial charge in [0.25, 0.3) is 5.91 Å². The number of nitrogens with zero attached hydrogens (tertiary/aromatic N) is 2. The molecule has 1 unspecified atom stereocenters. The molecule has 0 saturated carbocycles. The minimum Gasteiger partial charge on any atom is -0.497 e. The first-order chi connectivity index (χ1) is 13.1. The van der Waals surface area contributed by atoms with E-state index in [9.17, 15) is 9.59 Å². The lowest BCUT2D eigenvalue weighted by molar-refractivity contribution is -0.124. The molecule has 140 valence electrons. The van der Waals surface area contributed by atoms with Gasteiger partial charge in [0.15, 0.2) is 0 Å². The Morgan fingerprint density at radius 3 is 2.52 bits per heavy atom. The molecule has 4 rings (SSSR count). The molecule has 2 aromatic rings. The van der Waals surface area contributed by atoms with Gasteiger partial charge < -0.3 is 14.5 Å². The molecule has 2 amide bonds. The van der Waals surface area contributed by atoms with Crippen LogP contribution in [0.25, 0.3) is 0 Å². The van der Waals surface area contributed by atoms with Crippen molar-refractivity contribution in [3.8, 4) is 5.75 Å². The molecule has 1 fully saturated rings. The molecule has 1 saturated heterocycles. The van der Waals surface area contributed by atoms with Crippen LogP contribution in [0.1, 0.15) is 34.8 Å². The van der Waals surface area contributed by atoms with Crippen LogP contribution in [-0.2, 0) is 17.6 Å². The highest BCUT2D eigenvalue weighted by molar-refractivity contribution is 6.03. The molecule has 27 heavy (non-hydrogen) atoms. The third kappa shape index (κ3) is 3.18. The van der Waals surface area contributed by atoms with E-state index < -0.39 is 6.04 Å². The van der Waals surface area contributed by atoms with Crippen LogP contribution < -0.4 is 9.64 Å². The lowest BCUT2D eigenvalue weighted by Crippen LogP contribution is -2.57. The molecule has 2 aliphatic rings. The van der Waals surface area contributed by atoms with Gasteiger partial charge in [0.2, 0.25) is 5.91 Å². The van der Waals surface area contributed by atoms with E-state index in [2.05, 4.69) is 6.07 Å². The van der Waals surface area contributed by atoms with Crippen molar-refractivity contribution in [3.63, 3.8) is 0 Å². The van der Waals surface area contributed by atoms with Gasteiger partial charge in [-0.1, -0.05) is 6.07 Å². The Bertz CT molecular complexity index is 876. The second-order valence-electron chi connectivity index (χ2n) is 7.20. The van der Waals surface area contributed by atoms with Gasteiger partial charge in [0.1, 0.15) is 11.8 Å². The zero-order chi connectivity index (χ0) is 19.0. The number of carbonyl (C=O) groups is 2. The minimum absolute atomic E-state index is 0.0547. The van der Waals surface area contributed by atoms with Crippen LogP contribution in [0, 0.1) is 0 Å². The maximum absolute atomic E-state index is 13.0. The van der Waals surface area contributed by atoms with Crippen molar-refractivity contribution in [1.82, 2.24) is 4.90 Å². The predicted molar refractivity (Wildman–Crippen MR) is 104 cm³/mol. The van der Waals surface area contributed by atoms with Gasteiger partial charge in [-0.3, -0.25) is 9.59 Å². The monoisotopic (exact) mass is 364 g/mol. The van der Waals surface area contributed by atoms with Crippen LogP contribution >= 0.6 is 0 Å². The van der Waals surface area contributed by atoms with Crippen LogP contribution in [0.3, 0.4) is 0 Å². The summed E-state index contributed by atoms with van der Waals surface area (Å²) in [7, 11) is 1.62. The average Bonchev–Trinajstić information content (AvgIpc) is 3.17. The predicted octanol–water partition coefficient (Wildman–Crippen LogP) is 3.06. The normalized spacial score (nSPS) is 19.2. The number of hydrogen-bond donors (Lipinski definition) is 0. The topological polar surface area (TPSA) is 49.9 Å². The SMILES string of the molecule is COc1ccc(N2CCN(C(=O)c3ccc4c(c3)CCC4)C(C)C2=O)cc1. The maximum Gasteiger partial charge on any atom is 0.254 e. The third-order valence-electron chi connectivity index (χ3n) is 5.65. The lowest BCUT2D eigenvalue weighted by Gasteiger charge is -2.39. The Labute approximate surface area is 159 Å². The van der Waals surface area contributed by atoms with Gasteiger partial charge in [0, 0.05) is 24.3 Å². The Morgan fingerprint density at radius 2 is 1.78 bits per heavy atom. The van der Waals surface area contributed by atoms with Gasteiger partial charge >= 0.3 is 0 Å². The Balaban J connectivity index is 1.51. The van der Waals surface area contributed by atoms with E-state index in [4.69, 9.17) is 4.74 Å². The number of benzene rings is 2. The molecule has 1 aliphatic carbocycles. The molecule has 0 N–H and O–H groups in total. The number of rotatable bonds is 3. The van der Waals surface area contributed by atoms with E-state index in [1.54, 1.807) is 16.9 Å². The second-order valence-corrected chi connectivity index (χ2v) is 7.20. The molecule has 0 bridgehead atoms. The summed E-state index contributed by atoms with van der Waals surface area (Å²) in [5.74, 6) is 0.644. The zero-order valence-corrected chi connectivity index (χ0v) is 15.8. The molecule has 1 aliphatic heterocycles. The summed E-state index contributed by atoms with van der Waals surface area (Å²) in [6, 6.07) is 12.9. The summed E-state index contributed by atoms with van der Waals surface area (Å²) < 4.78 is 5.18. The van der Waals surface area contributed by atoms with Crippen molar-refractivity contribution in [3.05, 3.63) is 59.2 Å². The van der Waals surface area contributed by atoms with Crippen LogP contribution in [-0.4, -0.2) is 43.0 Å². The summed E-state index contributed by atoms with van der Waals surface area (Å²) in [6.07, 6.45) is 3.29. The maximum atomic E-state index is 13.0. The summed E-state index contributed by atoms with van der Waals surface area (Å²) in [6.45, 7) is 2.82. The van der Waals surface area contributed by atoms with Gasteiger partial charge in [-0.15, -0.1) is 0 Å². The van der Waals surface area contributed by atoms with E-state index in [-0.39, 0.29) is 11.8 Å². The van der Waals surface area contributed by atoms with Crippen LogP contribution in [0.5, 0.6) is 5.75 Å².